The lowest BCUT2D eigenvalue weighted by Gasteiger charge is -2.28. The van der Waals surface area contributed by atoms with Gasteiger partial charge < -0.3 is 80.4 Å². The monoisotopic (exact) mass is 937 g/mol. The van der Waals surface area contributed by atoms with Gasteiger partial charge in [0.15, 0.2) is 5.96 Å². The maximum absolute atomic E-state index is 14.2. The van der Waals surface area contributed by atoms with Gasteiger partial charge in [0.05, 0.1) is 12.5 Å². The molecular formula is C40H63N11O15. The Morgan fingerprint density at radius 1 is 0.576 bits per heavy atom. The molecule has 0 radical (unpaired) electrons. The smallest absolute Gasteiger partial charge is 0.326 e. The van der Waals surface area contributed by atoms with Gasteiger partial charge in [0.1, 0.15) is 42.0 Å². The Labute approximate surface area is 379 Å². The van der Waals surface area contributed by atoms with Crippen LogP contribution >= 0.6 is 0 Å². The van der Waals surface area contributed by atoms with Crippen LogP contribution in [0.1, 0.15) is 83.6 Å². The van der Waals surface area contributed by atoms with Gasteiger partial charge in [-0.3, -0.25) is 48.1 Å². The number of nitrogens with one attached hydrogen (secondary N) is 6. The van der Waals surface area contributed by atoms with Gasteiger partial charge >= 0.3 is 23.9 Å². The summed E-state index contributed by atoms with van der Waals surface area (Å²) < 4.78 is 0. The fourth-order valence-electron chi connectivity index (χ4n) is 6.10. The Kier molecular flexibility index (Phi) is 25.3. The number of aliphatic carboxylic acids is 4. The van der Waals surface area contributed by atoms with Crippen molar-refractivity contribution < 1.29 is 73.5 Å². The molecule has 0 heterocycles. The van der Waals surface area contributed by atoms with Crippen molar-refractivity contribution in [3.8, 4) is 5.75 Å². The minimum atomic E-state index is -1.75. The third-order valence-electron chi connectivity index (χ3n) is 9.69. The number of amides is 6. The van der Waals surface area contributed by atoms with E-state index in [4.69, 9.17) is 28.0 Å². The molecule has 7 atom stereocenters. The zero-order valence-electron chi connectivity index (χ0n) is 36.7. The number of carbonyl (C=O) groups is 10. The number of aromatic hydroxyl groups is 1. The zero-order valence-corrected chi connectivity index (χ0v) is 36.7. The lowest BCUT2D eigenvalue weighted by molar-refractivity contribution is -0.144. The van der Waals surface area contributed by atoms with Crippen molar-refractivity contribution in [2.75, 3.05) is 13.1 Å². The van der Waals surface area contributed by atoms with Gasteiger partial charge in [-0.15, -0.1) is 0 Å². The predicted octanol–water partition coefficient (Wildman–Crippen LogP) is -3.70. The standard InChI is InChI=1S/C40H63N11O15/c1-20(2)32(39(65)66)51-37(63)27(13-15-30(55)56)48-36(62)26(12-14-29(53)54)49-38(64)28(18-21-8-10-22(52)11-9-21)50-35(61)24(6-3-4-16-41)47-34(60)25(7-5-17-45-40(43)44)46-33(59)23(42)19-31(57)58/h8-11,20,23-28,32,52H,3-7,12-19,41-42H2,1-2H3,(H,46,59)(H,47,60)(H,48,62)(H,49,64)(H,50,61)(H,51,63)(H,53,54)(H,55,56)(H,57,58)(H,65,66)(H4,43,44,45)/t23-,24-,25-,26-,27-,28-,32-/m0/s1. The number of carbonyl (C=O) groups excluding carboxylic acids is 6. The number of carboxylic acids is 4. The first-order valence-corrected chi connectivity index (χ1v) is 20.9. The summed E-state index contributed by atoms with van der Waals surface area (Å²) in [5, 5.41) is 61.7. The number of phenols is 1. The number of nitrogens with two attached hydrogens (primary N) is 4. The van der Waals surface area contributed by atoms with Crippen LogP contribution in [-0.2, 0) is 54.4 Å². The van der Waals surface area contributed by atoms with Crippen molar-refractivity contribution in [1.82, 2.24) is 31.9 Å². The van der Waals surface area contributed by atoms with E-state index in [1.54, 1.807) is 0 Å². The molecule has 0 bridgehead atoms. The summed E-state index contributed by atoms with van der Waals surface area (Å²) >= 11 is 0. The first kappa shape index (κ1) is 56.9. The van der Waals surface area contributed by atoms with Gasteiger partial charge in [0.2, 0.25) is 35.4 Å². The van der Waals surface area contributed by atoms with Gasteiger partial charge in [-0.05, 0) is 75.1 Å². The molecule has 1 aromatic rings. The predicted molar refractivity (Wildman–Crippen MR) is 233 cm³/mol. The minimum absolute atomic E-state index is 0.0165. The molecule has 368 valence electrons. The molecule has 26 heteroatoms. The highest BCUT2D eigenvalue weighted by Gasteiger charge is 2.35. The molecule has 0 fully saturated rings. The Balaban J connectivity index is 3.62. The maximum atomic E-state index is 14.2. The van der Waals surface area contributed by atoms with Gasteiger partial charge in [0.25, 0.3) is 0 Å². The molecule has 1 rings (SSSR count). The second-order valence-corrected chi connectivity index (χ2v) is 15.5. The normalized spacial score (nSPS) is 14.1. The Morgan fingerprint density at radius 3 is 1.42 bits per heavy atom. The van der Waals surface area contributed by atoms with Crippen LogP contribution < -0.4 is 54.8 Å². The molecule has 0 saturated carbocycles. The van der Waals surface area contributed by atoms with E-state index in [9.17, 15) is 68.4 Å². The van der Waals surface area contributed by atoms with Crippen LogP contribution in [0, 0.1) is 5.92 Å². The fourth-order valence-corrected chi connectivity index (χ4v) is 6.10. The SMILES string of the molecule is CC(C)[C@H](NC(=O)[C@H](CCC(=O)O)NC(=O)[C@H](CCC(=O)O)NC(=O)[C@H](Cc1ccc(O)cc1)NC(=O)[C@H](CCCCN)NC(=O)[C@H](CCCN=C(N)N)NC(=O)[C@@H](N)CC(=O)O)C(=O)O. The zero-order chi connectivity index (χ0) is 50.1. The number of benzene rings is 1. The number of aliphatic imine (C=N–C) groups is 1. The molecule has 0 aliphatic rings. The van der Waals surface area contributed by atoms with Crippen LogP contribution in [-0.4, -0.2) is 146 Å². The Bertz CT molecular complexity index is 1880. The van der Waals surface area contributed by atoms with Crippen LogP contribution in [0.15, 0.2) is 29.3 Å². The van der Waals surface area contributed by atoms with Gasteiger partial charge in [0, 0.05) is 25.8 Å². The molecule has 1 aromatic carbocycles. The number of unbranched alkanes of at least 4 members (excludes halogenated alkanes) is 1. The van der Waals surface area contributed by atoms with E-state index < -0.39 is 140 Å². The fraction of sp³-hybridized carbons (Fsp3) is 0.575. The number of phenolic OH excluding ortho intramolecular Hbond substituents is 1. The molecule has 0 saturated heterocycles. The van der Waals surface area contributed by atoms with Crippen LogP contribution in [0.5, 0.6) is 5.75 Å². The molecular weight excluding hydrogens is 875 g/mol. The second-order valence-electron chi connectivity index (χ2n) is 15.5. The summed E-state index contributed by atoms with van der Waals surface area (Å²) in [6.07, 6.45) is -3.05. The van der Waals surface area contributed by atoms with Crippen molar-refractivity contribution >= 4 is 65.3 Å². The summed E-state index contributed by atoms with van der Waals surface area (Å²) in [6.45, 7) is 3.19. The molecule has 0 aliphatic heterocycles. The quantitative estimate of drug-likeness (QED) is 0.0188. The van der Waals surface area contributed by atoms with E-state index in [1.807, 2.05) is 0 Å². The first-order valence-electron chi connectivity index (χ1n) is 20.9. The Morgan fingerprint density at radius 2 is 1.00 bits per heavy atom. The highest BCUT2D eigenvalue weighted by molar-refractivity contribution is 5.97. The van der Waals surface area contributed by atoms with Gasteiger partial charge in [-0.1, -0.05) is 26.0 Å². The van der Waals surface area contributed by atoms with E-state index in [0.717, 1.165) is 0 Å². The summed E-state index contributed by atoms with van der Waals surface area (Å²) in [5.41, 5.74) is 22.5. The van der Waals surface area contributed by atoms with E-state index in [-0.39, 0.29) is 56.9 Å². The van der Waals surface area contributed by atoms with Crippen molar-refractivity contribution in [3.05, 3.63) is 29.8 Å². The largest absolute Gasteiger partial charge is 0.508 e. The minimum Gasteiger partial charge on any atom is -0.508 e. The van der Waals surface area contributed by atoms with E-state index in [0.29, 0.717) is 12.0 Å². The Hall–Kier alpha value is -7.09. The summed E-state index contributed by atoms with van der Waals surface area (Å²) in [6, 6.07) is -5.45. The average molecular weight is 938 g/mol. The first-order chi connectivity index (χ1) is 30.9. The van der Waals surface area contributed by atoms with Crippen LogP contribution in [0.4, 0.5) is 0 Å². The van der Waals surface area contributed by atoms with E-state index >= 15 is 0 Å². The molecule has 66 heavy (non-hydrogen) atoms. The third-order valence-corrected chi connectivity index (χ3v) is 9.69. The van der Waals surface area contributed by atoms with E-state index in [2.05, 4.69) is 36.9 Å². The summed E-state index contributed by atoms with van der Waals surface area (Å²) in [7, 11) is 0. The van der Waals surface area contributed by atoms with Crippen LogP contribution in [0.2, 0.25) is 0 Å². The van der Waals surface area contributed by atoms with Crippen molar-refractivity contribution in [2.45, 2.75) is 127 Å². The maximum Gasteiger partial charge on any atom is 0.326 e. The molecule has 0 aliphatic carbocycles. The number of nitrogens with zero attached hydrogens (tertiary/aromatic N) is 1. The highest BCUT2D eigenvalue weighted by Crippen LogP contribution is 2.14. The lowest BCUT2D eigenvalue weighted by atomic mass is 10.0. The third kappa shape index (κ3) is 22.5. The van der Waals surface area contributed by atoms with Gasteiger partial charge in [-0.25, -0.2) is 4.79 Å². The van der Waals surface area contributed by atoms with Crippen molar-refractivity contribution in [1.29, 1.82) is 0 Å². The number of hydrogen-bond donors (Lipinski definition) is 15. The molecule has 19 N–H and O–H groups in total. The summed E-state index contributed by atoms with van der Waals surface area (Å²) in [4.78, 5) is 132. The van der Waals surface area contributed by atoms with Crippen molar-refractivity contribution in [3.63, 3.8) is 0 Å². The van der Waals surface area contributed by atoms with Crippen LogP contribution in [0.3, 0.4) is 0 Å². The highest BCUT2D eigenvalue weighted by atomic mass is 16.4. The molecule has 0 aromatic heterocycles. The molecule has 26 nitrogen and oxygen atoms in total. The topological polar surface area (TPSA) is 460 Å². The number of hydrogen-bond acceptors (Lipinski definition) is 14. The number of carboxylic acid groups (broad SMARTS) is 4. The number of rotatable bonds is 32. The van der Waals surface area contributed by atoms with Crippen LogP contribution in [0.25, 0.3) is 0 Å². The second kappa shape index (κ2) is 29.4. The van der Waals surface area contributed by atoms with E-state index in [1.165, 1.54) is 38.1 Å². The van der Waals surface area contributed by atoms with Gasteiger partial charge in [-0.2, -0.15) is 0 Å². The number of guanidine groups is 1. The average Bonchev–Trinajstić information content (AvgIpc) is 3.22. The lowest BCUT2D eigenvalue weighted by Crippen LogP contribution is -2.60. The molecule has 0 unspecified atom stereocenters. The summed E-state index contributed by atoms with van der Waals surface area (Å²) in [5.74, 6) is -12.8. The van der Waals surface area contributed by atoms with Crippen molar-refractivity contribution in [2.24, 2.45) is 33.8 Å². The molecule has 0 spiro atoms. The molecule has 6 amide bonds.